The molecule has 0 saturated carbocycles. The van der Waals surface area contributed by atoms with E-state index in [1.807, 2.05) is 6.07 Å². The van der Waals surface area contributed by atoms with Gasteiger partial charge in [0.1, 0.15) is 0 Å². The van der Waals surface area contributed by atoms with Crippen molar-refractivity contribution in [1.82, 2.24) is 4.72 Å². The lowest BCUT2D eigenvalue weighted by Crippen LogP contribution is -2.31. The van der Waals surface area contributed by atoms with Crippen LogP contribution in [0.1, 0.15) is 25.5 Å². The van der Waals surface area contributed by atoms with Crippen molar-refractivity contribution < 1.29 is 8.42 Å². The lowest BCUT2D eigenvalue weighted by Gasteiger charge is -2.16. The smallest absolute Gasteiger partial charge is 0.212 e. The molecule has 0 aromatic heterocycles. The van der Waals surface area contributed by atoms with Crippen LogP contribution in [0.25, 0.3) is 0 Å². The predicted octanol–water partition coefficient (Wildman–Crippen LogP) is 3.20. The number of alkyl halides is 1. The number of halogens is 2. The lowest BCUT2D eigenvalue weighted by molar-refractivity contribution is 0.555. The molecule has 1 N–H and O–H groups in total. The van der Waals surface area contributed by atoms with Crippen LogP contribution in [0.15, 0.2) is 24.3 Å². The van der Waals surface area contributed by atoms with E-state index in [2.05, 4.69) is 4.72 Å². The van der Waals surface area contributed by atoms with Crippen molar-refractivity contribution in [2.24, 2.45) is 5.92 Å². The van der Waals surface area contributed by atoms with Crippen molar-refractivity contribution in [1.29, 1.82) is 0 Å². The van der Waals surface area contributed by atoms with Crippen molar-refractivity contribution in [3.63, 3.8) is 0 Å². The average molecular weight is 310 g/mol. The zero-order valence-electron chi connectivity index (χ0n) is 10.4. The summed E-state index contributed by atoms with van der Waals surface area (Å²) < 4.78 is 26.4. The van der Waals surface area contributed by atoms with Crippen LogP contribution < -0.4 is 4.72 Å². The van der Waals surface area contributed by atoms with Gasteiger partial charge in [-0.2, -0.15) is 0 Å². The minimum Gasteiger partial charge on any atom is -0.212 e. The SMILES string of the molecule is CC(CCl)CS(=O)(=O)N[C@H](C)c1cccc(Cl)c1. The quantitative estimate of drug-likeness (QED) is 0.820. The maximum absolute atomic E-state index is 11.9. The molecule has 0 aliphatic rings. The summed E-state index contributed by atoms with van der Waals surface area (Å²) in [6.07, 6.45) is 0. The minimum absolute atomic E-state index is 0.0292. The summed E-state index contributed by atoms with van der Waals surface area (Å²) in [5, 5.41) is 0.590. The van der Waals surface area contributed by atoms with E-state index in [0.29, 0.717) is 10.9 Å². The third-order valence-corrected chi connectivity index (χ3v) is 4.95. The van der Waals surface area contributed by atoms with Crippen LogP contribution in [0.4, 0.5) is 0 Å². The highest BCUT2D eigenvalue weighted by molar-refractivity contribution is 7.89. The molecule has 3 nitrogen and oxygen atoms in total. The van der Waals surface area contributed by atoms with E-state index < -0.39 is 10.0 Å². The molecular formula is C12H17Cl2NO2S. The van der Waals surface area contributed by atoms with Crippen LogP contribution in [-0.4, -0.2) is 20.1 Å². The standard InChI is InChI=1S/C12H17Cl2NO2S/c1-9(7-13)8-18(16,17)15-10(2)11-4-3-5-12(14)6-11/h3-6,9-10,15H,7-8H2,1-2H3/t9?,10-/m1/s1. The fraction of sp³-hybridized carbons (Fsp3) is 0.500. The van der Waals surface area contributed by atoms with E-state index in [-0.39, 0.29) is 17.7 Å². The van der Waals surface area contributed by atoms with Gasteiger partial charge in [-0.05, 0) is 30.5 Å². The first kappa shape index (κ1) is 15.8. The third kappa shape index (κ3) is 5.14. The van der Waals surface area contributed by atoms with Gasteiger partial charge in [-0.3, -0.25) is 0 Å². The zero-order chi connectivity index (χ0) is 13.8. The minimum atomic E-state index is -3.33. The molecule has 0 aliphatic heterocycles. The van der Waals surface area contributed by atoms with Gasteiger partial charge in [-0.1, -0.05) is 30.7 Å². The Morgan fingerprint density at radius 1 is 1.33 bits per heavy atom. The lowest BCUT2D eigenvalue weighted by atomic mass is 10.1. The molecule has 0 bridgehead atoms. The highest BCUT2D eigenvalue weighted by Gasteiger charge is 2.18. The first-order valence-corrected chi connectivity index (χ1v) is 8.22. The van der Waals surface area contributed by atoms with Gasteiger partial charge >= 0.3 is 0 Å². The molecule has 6 heteroatoms. The number of sulfonamides is 1. The molecule has 0 spiro atoms. The Hall–Kier alpha value is -0.290. The fourth-order valence-corrected chi connectivity index (χ4v) is 3.66. The average Bonchev–Trinajstić information content (AvgIpc) is 2.27. The second-order valence-corrected chi connectivity index (χ2v) is 6.98. The van der Waals surface area contributed by atoms with Gasteiger partial charge < -0.3 is 0 Å². The van der Waals surface area contributed by atoms with E-state index in [0.717, 1.165) is 5.56 Å². The Balaban J connectivity index is 2.72. The topological polar surface area (TPSA) is 46.2 Å². The maximum Gasteiger partial charge on any atom is 0.212 e. The predicted molar refractivity (Wildman–Crippen MR) is 76.7 cm³/mol. The summed E-state index contributed by atoms with van der Waals surface area (Å²) >= 11 is 11.5. The molecule has 0 saturated heterocycles. The van der Waals surface area contributed by atoms with E-state index in [9.17, 15) is 8.42 Å². The Labute approximate surface area is 119 Å². The molecule has 1 aromatic carbocycles. The Kier molecular flexibility index (Phi) is 5.92. The number of benzene rings is 1. The van der Waals surface area contributed by atoms with Crippen molar-refractivity contribution in [3.8, 4) is 0 Å². The maximum atomic E-state index is 11.9. The molecule has 0 amide bonds. The summed E-state index contributed by atoms with van der Waals surface area (Å²) in [5.41, 5.74) is 0.838. The fourth-order valence-electron chi connectivity index (χ4n) is 1.58. The molecular weight excluding hydrogens is 293 g/mol. The normalized spacial score (nSPS) is 15.3. The monoisotopic (exact) mass is 309 g/mol. The third-order valence-electron chi connectivity index (χ3n) is 2.47. The van der Waals surface area contributed by atoms with Gasteiger partial charge in [0.05, 0.1) is 5.75 Å². The Bertz CT molecular complexity index is 491. The molecule has 18 heavy (non-hydrogen) atoms. The molecule has 1 aromatic rings. The van der Waals surface area contributed by atoms with Crippen LogP contribution in [0.2, 0.25) is 5.02 Å². The molecule has 0 heterocycles. The summed E-state index contributed by atoms with van der Waals surface area (Å²) in [6.45, 7) is 3.59. The van der Waals surface area contributed by atoms with E-state index in [1.165, 1.54) is 0 Å². The van der Waals surface area contributed by atoms with Gasteiger partial charge in [-0.25, -0.2) is 13.1 Å². The van der Waals surface area contributed by atoms with Crippen molar-refractivity contribution in [3.05, 3.63) is 34.9 Å². The first-order valence-electron chi connectivity index (χ1n) is 5.65. The molecule has 2 atom stereocenters. The molecule has 0 radical (unpaired) electrons. The molecule has 102 valence electrons. The van der Waals surface area contributed by atoms with Crippen LogP contribution in [-0.2, 0) is 10.0 Å². The van der Waals surface area contributed by atoms with Gasteiger partial charge in [0.2, 0.25) is 10.0 Å². The van der Waals surface area contributed by atoms with Crippen molar-refractivity contribution in [2.45, 2.75) is 19.9 Å². The number of hydrogen-bond acceptors (Lipinski definition) is 2. The second-order valence-electron chi connectivity index (χ2n) is 4.44. The number of rotatable bonds is 6. The number of hydrogen-bond donors (Lipinski definition) is 1. The van der Waals surface area contributed by atoms with Crippen LogP contribution in [0.3, 0.4) is 0 Å². The van der Waals surface area contributed by atoms with Gasteiger partial charge in [0, 0.05) is 16.9 Å². The van der Waals surface area contributed by atoms with E-state index >= 15 is 0 Å². The summed E-state index contributed by atoms with van der Waals surface area (Å²) in [7, 11) is -3.33. The van der Waals surface area contributed by atoms with Gasteiger partial charge in [0.15, 0.2) is 0 Å². The Morgan fingerprint density at radius 2 is 2.00 bits per heavy atom. The highest BCUT2D eigenvalue weighted by atomic mass is 35.5. The first-order chi connectivity index (χ1) is 8.34. The zero-order valence-corrected chi connectivity index (χ0v) is 12.7. The summed E-state index contributed by atoms with van der Waals surface area (Å²) in [6, 6.07) is 6.83. The number of nitrogens with one attached hydrogen (secondary N) is 1. The Morgan fingerprint density at radius 3 is 2.56 bits per heavy atom. The highest BCUT2D eigenvalue weighted by Crippen LogP contribution is 2.18. The van der Waals surface area contributed by atoms with Crippen molar-refractivity contribution in [2.75, 3.05) is 11.6 Å². The van der Waals surface area contributed by atoms with Gasteiger partial charge in [-0.15, -0.1) is 11.6 Å². The summed E-state index contributed by atoms with van der Waals surface area (Å²) in [5.74, 6) is 0.282. The van der Waals surface area contributed by atoms with E-state index in [1.54, 1.807) is 32.0 Å². The largest absolute Gasteiger partial charge is 0.212 e. The molecule has 0 fully saturated rings. The molecule has 1 rings (SSSR count). The van der Waals surface area contributed by atoms with Crippen LogP contribution >= 0.6 is 23.2 Å². The van der Waals surface area contributed by atoms with Gasteiger partial charge in [0.25, 0.3) is 0 Å². The second kappa shape index (κ2) is 6.75. The van der Waals surface area contributed by atoms with Crippen LogP contribution in [0, 0.1) is 5.92 Å². The van der Waals surface area contributed by atoms with Crippen LogP contribution in [0.5, 0.6) is 0 Å². The molecule has 1 unspecified atom stereocenters. The van der Waals surface area contributed by atoms with Crippen molar-refractivity contribution >= 4 is 33.2 Å². The summed E-state index contributed by atoms with van der Waals surface area (Å²) in [4.78, 5) is 0. The van der Waals surface area contributed by atoms with E-state index in [4.69, 9.17) is 23.2 Å². The molecule has 0 aliphatic carbocycles.